The molecular formula is C14H14ClFN4O2S. The predicted octanol–water partition coefficient (Wildman–Crippen LogP) is 2.31. The molecule has 0 bridgehead atoms. The van der Waals surface area contributed by atoms with Crippen molar-refractivity contribution in [3.63, 3.8) is 0 Å². The zero-order valence-corrected chi connectivity index (χ0v) is 14.0. The zero-order valence-electron chi connectivity index (χ0n) is 12.4. The van der Waals surface area contributed by atoms with Gasteiger partial charge in [0, 0.05) is 12.8 Å². The Hall–Kier alpha value is -1.54. The molecule has 2 aliphatic rings. The smallest absolute Gasteiger partial charge is 0.228 e. The minimum atomic E-state index is -1.43. The van der Waals surface area contributed by atoms with E-state index in [1.54, 1.807) is 0 Å². The molecule has 1 saturated heterocycles. The molecule has 0 aliphatic carbocycles. The molecule has 0 amide bonds. The van der Waals surface area contributed by atoms with E-state index < -0.39 is 16.6 Å². The molecule has 6 nitrogen and oxygen atoms in total. The van der Waals surface area contributed by atoms with Gasteiger partial charge in [-0.05, 0) is 19.3 Å². The second-order valence-electron chi connectivity index (χ2n) is 5.68. The van der Waals surface area contributed by atoms with Crippen LogP contribution in [0.25, 0.3) is 10.9 Å². The van der Waals surface area contributed by atoms with Gasteiger partial charge in [-0.3, -0.25) is 4.21 Å². The van der Waals surface area contributed by atoms with Gasteiger partial charge in [-0.2, -0.15) is 4.98 Å². The molecule has 1 fully saturated rings. The summed E-state index contributed by atoms with van der Waals surface area (Å²) in [4.78, 5) is 14.6. The van der Waals surface area contributed by atoms with E-state index in [9.17, 15) is 8.60 Å². The first-order valence-electron chi connectivity index (χ1n) is 7.36. The zero-order chi connectivity index (χ0) is 16.1. The Labute approximate surface area is 139 Å². The third kappa shape index (κ3) is 2.35. The van der Waals surface area contributed by atoms with Crippen LogP contribution in [-0.2, 0) is 10.8 Å². The van der Waals surface area contributed by atoms with Gasteiger partial charge in [-0.1, -0.05) is 11.6 Å². The lowest BCUT2D eigenvalue weighted by Crippen LogP contribution is -2.43. The summed E-state index contributed by atoms with van der Waals surface area (Å²) in [7, 11) is -1.43. The van der Waals surface area contributed by atoms with Crippen molar-refractivity contribution in [2.45, 2.75) is 30.5 Å². The predicted molar refractivity (Wildman–Crippen MR) is 85.1 cm³/mol. The highest BCUT2D eigenvalue weighted by Crippen LogP contribution is 2.39. The largest absolute Gasteiger partial charge is 0.475 e. The van der Waals surface area contributed by atoms with E-state index in [1.165, 1.54) is 6.26 Å². The number of ether oxygens (including phenoxy) is 1. The summed E-state index contributed by atoms with van der Waals surface area (Å²) in [6, 6.07) is 0.135. The van der Waals surface area contributed by atoms with Gasteiger partial charge in [0.25, 0.3) is 0 Å². The van der Waals surface area contributed by atoms with Gasteiger partial charge in [0.2, 0.25) is 11.0 Å². The number of pyridine rings is 1. The fourth-order valence-electron chi connectivity index (χ4n) is 3.15. The molecule has 2 aliphatic heterocycles. The number of piperidine rings is 1. The molecule has 0 spiro atoms. The molecule has 0 radical (unpaired) electrons. The molecule has 0 saturated carbocycles. The number of halogens is 2. The Morgan fingerprint density at radius 2 is 2.17 bits per heavy atom. The maximum atomic E-state index is 14.5. The SMILES string of the molecule is CS(=O)c1nc2c3c(nc(Cl)c(F)c3n1)OC[C@@H]1CCCCN21. The molecule has 4 rings (SSSR count). The van der Waals surface area contributed by atoms with Gasteiger partial charge in [0.1, 0.15) is 23.3 Å². The fourth-order valence-corrected chi connectivity index (χ4v) is 3.75. The Morgan fingerprint density at radius 3 is 2.96 bits per heavy atom. The molecule has 122 valence electrons. The Balaban J connectivity index is 2.07. The molecule has 0 aromatic carbocycles. The molecule has 9 heteroatoms. The molecule has 2 atom stereocenters. The van der Waals surface area contributed by atoms with Gasteiger partial charge in [-0.25, -0.2) is 14.4 Å². The lowest BCUT2D eigenvalue weighted by atomic mass is 10.0. The van der Waals surface area contributed by atoms with Crippen LogP contribution in [0.5, 0.6) is 5.88 Å². The van der Waals surface area contributed by atoms with Crippen LogP contribution in [0.15, 0.2) is 5.16 Å². The normalized spacial score (nSPS) is 21.5. The minimum Gasteiger partial charge on any atom is -0.475 e. The van der Waals surface area contributed by atoms with E-state index in [4.69, 9.17) is 16.3 Å². The molecule has 0 N–H and O–H groups in total. The highest BCUT2D eigenvalue weighted by atomic mass is 35.5. The van der Waals surface area contributed by atoms with Crippen LogP contribution in [0.2, 0.25) is 5.15 Å². The monoisotopic (exact) mass is 356 g/mol. The van der Waals surface area contributed by atoms with Crippen molar-refractivity contribution in [3.05, 3.63) is 11.0 Å². The van der Waals surface area contributed by atoms with Gasteiger partial charge in [0.05, 0.1) is 16.8 Å². The van der Waals surface area contributed by atoms with Crippen molar-refractivity contribution in [3.8, 4) is 5.88 Å². The lowest BCUT2D eigenvalue weighted by Gasteiger charge is -2.34. The average molecular weight is 357 g/mol. The topological polar surface area (TPSA) is 68.2 Å². The summed E-state index contributed by atoms with van der Waals surface area (Å²) in [5, 5.41) is 0.196. The first kappa shape index (κ1) is 15.0. The van der Waals surface area contributed by atoms with E-state index in [-0.39, 0.29) is 27.7 Å². The second-order valence-corrected chi connectivity index (χ2v) is 7.31. The molecule has 23 heavy (non-hydrogen) atoms. The number of aromatic nitrogens is 3. The van der Waals surface area contributed by atoms with Crippen molar-refractivity contribution in [2.24, 2.45) is 0 Å². The fraction of sp³-hybridized carbons (Fsp3) is 0.500. The summed E-state index contributed by atoms with van der Waals surface area (Å²) in [6.45, 7) is 1.23. The first-order valence-corrected chi connectivity index (χ1v) is 9.29. The van der Waals surface area contributed by atoms with E-state index in [2.05, 4.69) is 19.9 Å². The second kappa shape index (κ2) is 5.52. The van der Waals surface area contributed by atoms with E-state index in [1.807, 2.05) is 0 Å². The number of anilines is 1. The highest BCUT2D eigenvalue weighted by molar-refractivity contribution is 7.84. The molecule has 1 unspecified atom stereocenters. The Bertz CT molecular complexity index is 834. The number of nitrogens with zero attached hydrogens (tertiary/aromatic N) is 4. The highest BCUT2D eigenvalue weighted by Gasteiger charge is 2.33. The van der Waals surface area contributed by atoms with Crippen molar-refractivity contribution in [1.82, 2.24) is 15.0 Å². The van der Waals surface area contributed by atoms with Gasteiger partial charge >= 0.3 is 0 Å². The summed E-state index contributed by atoms with van der Waals surface area (Å²) < 4.78 is 32.1. The molecule has 2 aromatic heterocycles. The van der Waals surface area contributed by atoms with Crippen molar-refractivity contribution >= 4 is 39.1 Å². The van der Waals surface area contributed by atoms with Crippen LogP contribution in [0.4, 0.5) is 10.2 Å². The number of fused-ring (bicyclic) bond motifs is 2. The third-order valence-electron chi connectivity index (χ3n) is 4.24. The molecule has 4 heterocycles. The van der Waals surface area contributed by atoms with E-state index >= 15 is 0 Å². The summed E-state index contributed by atoms with van der Waals surface area (Å²) >= 11 is 5.87. The number of hydrogen-bond acceptors (Lipinski definition) is 6. The van der Waals surface area contributed by atoms with Gasteiger partial charge in [0.15, 0.2) is 11.0 Å². The standard InChI is InChI=1S/C14H14ClFN4O2S/c1-23(21)14-17-10-8-12(19-14)20-5-3-2-4-7(20)6-22-13(8)18-11(15)9(10)16/h7H,2-6H2,1H3/t7-,23?/m0/s1. The maximum Gasteiger partial charge on any atom is 0.228 e. The molecular weight excluding hydrogens is 343 g/mol. The van der Waals surface area contributed by atoms with Crippen molar-refractivity contribution < 1.29 is 13.3 Å². The van der Waals surface area contributed by atoms with Crippen LogP contribution in [0.1, 0.15) is 19.3 Å². The van der Waals surface area contributed by atoms with Crippen LogP contribution < -0.4 is 9.64 Å². The van der Waals surface area contributed by atoms with Crippen LogP contribution in [0, 0.1) is 5.82 Å². The quantitative estimate of drug-likeness (QED) is 0.577. The third-order valence-corrected chi connectivity index (χ3v) is 5.19. The van der Waals surface area contributed by atoms with E-state index in [0.717, 1.165) is 25.8 Å². The van der Waals surface area contributed by atoms with Crippen molar-refractivity contribution in [2.75, 3.05) is 24.3 Å². The van der Waals surface area contributed by atoms with Crippen molar-refractivity contribution in [1.29, 1.82) is 0 Å². The van der Waals surface area contributed by atoms with E-state index in [0.29, 0.717) is 17.8 Å². The lowest BCUT2D eigenvalue weighted by molar-refractivity contribution is 0.259. The number of rotatable bonds is 1. The average Bonchev–Trinajstić information content (AvgIpc) is 2.70. The summed E-state index contributed by atoms with van der Waals surface area (Å²) in [5.74, 6) is 0.0459. The summed E-state index contributed by atoms with van der Waals surface area (Å²) in [5.41, 5.74) is 0.0152. The van der Waals surface area contributed by atoms with Gasteiger partial charge in [-0.15, -0.1) is 0 Å². The van der Waals surface area contributed by atoms with Crippen LogP contribution >= 0.6 is 11.6 Å². The maximum absolute atomic E-state index is 14.5. The Kier molecular flexibility index (Phi) is 3.60. The minimum absolute atomic E-state index is 0.0152. The van der Waals surface area contributed by atoms with Crippen LogP contribution in [-0.4, -0.2) is 44.6 Å². The van der Waals surface area contributed by atoms with Gasteiger partial charge < -0.3 is 9.64 Å². The number of hydrogen-bond donors (Lipinski definition) is 0. The molecule has 2 aromatic rings. The summed E-state index contributed by atoms with van der Waals surface area (Å²) in [6.07, 6.45) is 4.55. The Morgan fingerprint density at radius 1 is 1.35 bits per heavy atom. The first-order chi connectivity index (χ1) is 11.1. The van der Waals surface area contributed by atoms with Crippen LogP contribution in [0.3, 0.4) is 0 Å².